The Morgan fingerprint density at radius 2 is 1.79 bits per heavy atom. The number of aliphatic imine (C=N–C) groups is 1. The Bertz CT molecular complexity index is 463. The van der Waals surface area contributed by atoms with Gasteiger partial charge in [-0.2, -0.15) is 0 Å². The van der Waals surface area contributed by atoms with Crippen LogP contribution in [0.4, 0.5) is 5.69 Å². The number of nitrogens with zero attached hydrogens (tertiary/aromatic N) is 2. The first-order valence-electron chi connectivity index (χ1n) is 7.10. The average molecular weight is 278 g/mol. The summed E-state index contributed by atoms with van der Waals surface area (Å²) in [5.41, 5.74) is 7.20. The molecule has 2 N–H and O–H groups in total. The van der Waals surface area contributed by atoms with E-state index < -0.39 is 0 Å². The molecule has 0 spiro atoms. The van der Waals surface area contributed by atoms with Crippen molar-refractivity contribution in [3.05, 3.63) is 29.3 Å². The van der Waals surface area contributed by atoms with E-state index in [1.54, 1.807) is 0 Å². The van der Waals surface area contributed by atoms with E-state index in [9.17, 15) is 0 Å². The first kappa shape index (κ1) is 12.8. The molecule has 0 aromatic heterocycles. The smallest absolute Gasteiger partial charge is 0.196 e. The van der Waals surface area contributed by atoms with E-state index in [1.165, 1.54) is 32.1 Å². The van der Waals surface area contributed by atoms with E-state index in [1.807, 2.05) is 24.3 Å². The zero-order chi connectivity index (χ0) is 13.2. The summed E-state index contributed by atoms with van der Waals surface area (Å²) in [5, 5.41) is 0.757. The first-order chi connectivity index (χ1) is 9.25. The highest BCUT2D eigenvalue weighted by atomic mass is 35.5. The predicted molar refractivity (Wildman–Crippen MR) is 80.8 cm³/mol. The third-order valence-corrected chi connectivity index (χ3v) is 4.57. The van der Waals surface area contributed by atoms with Gasteiger partial charge in [0.1, 0.15) is 0 Å². The van der Waals surface area contributed by atoms with Gasteiger partial charge in [-0.05, 0) is 43.0 Å². The number of benzene rings is 1. The largest absolute Gasteiger partial charge is 0.370 e. The molecule has 1 unspecified atom stereocenters. The molecule has 1 aliphatic heterocycles. The summed E-state index contributed by atoms with van der Waals surface area (Å²) in [6.45, 7) is 0.832. The van der Waals surface area contributed by atoms with Gasteiger partial charge in [0, 0.05) is 10.7 Å². The van der Waals surface area contributed by atoms with Crippen molar-refractivity contribution in [2.45, 2.75) is 38.1 Å². The Kier molecular flexibility index (Phi) is 3.65. The van der Waals surface area contributed by atoms with E-state index >= 15 is 0 Å². The molecule has 2 aliphatic rings. The van der Waals surface area contributed by atoms with Crippen molar-refractivity contribution in [3.8, 4) is 0 Å². The van der Waals surface area contributed by atoms with Gasteiger partial charge in [0.2, 0.25) is 0 Å². The van der Waals surface area contributed by atoms with Crippen LogP contribution in [0.3, 0.4) is 0 Å². The SMILES string of the molecule is NC1=NCC(C2CCCCC2)N1c1ccc(Cl)cc1. The Morgan fingerprint density at radius 3 is 2.47 bits per heavy atom. The molecule has 1 heterocycles. The number of nitrogens with two attached hydrogens (primary N) is 1. The van der Waals surface area contributed by atoms with Gasteiger partial charge < -0.3 is 10.6 Å². The van der Waals surface area contributed by atoms with Gasteiger partial charge in [-0.1, -0.05) is 30.9 Å². The Labute approximate surface area is 119 Å². The number of hydrogen-bond donors (Lipinski definition) is 1. The first-order valence-corrected chi connectivity index (χ1v) is 7.48. The lowest BCUT2D eigenvalue weighted by molar-refractivity contribution is 0.314. The fourth-order valence-corrected chi connectivity index (χ4v) is 3.45. The molecule has 1 aromatic carbocycles. The Morgan fingerprint density at radius 1 is 1.11 bits per heavy atom. The number of halogens is 1. The minimum absolute atomic E-state index is 0.432. The van der Waals surface area contributed by atoms with E-state index in [2.05, 4.69) is 9.89 Å². The molecule has 102 valence electrons. The molecule has 1 aliphatic carbocycles. The van der Waals surface area contributed by atoms with Gasteiger partial charge in [0.05, 0.1) is 12.6 Å². The molecule has 0 bridgehead atoms. The molecule has 1 aromatic rings. The van der Waals surface area contributed by atoms with Crippen LogP contribution in [-0.2, 0) is 0 Å². The lowest BCUT2D eigenvalue weighted by Gasteiger charge is -2.34. The topological polar surface area (TPSA) is 41.6 Å². The Balaban J connectivity index is 1.83. The second-order valence-electron chi connectivity index (χ2n) is 5.51. The summed E-state index contributed by atoms with van der Waals surface area (Å²) in [5.74, 6) is 1.37. The van der Waals surface area contributed by atoms with Crippen molar-refractivity contribution >= 4 is 23.2 Å². The van der Waals surface area contributed by atoms with E-state index in [0.717, 1.165) is 17.3 Å². The normalized spacial score (nSPS) is 24.6. The maximum Gasteiger partial charge on any atom is 0.196 e. The van der Waals surface area contributed by atoms with Gasteiger partial charge in [-0.25, -0.2) is 0 Å². The minimum atomic E-state index is 0.432. The molecular weight excluding hydrogens is 258 g/mol. The molecule has 0 amide bonds. The van der Waals surface area contributed by atoms with Crippen LogP contribution in [0.15, 0.2) is 29.3 Å². The second-order valence-corrected chi connectivity index (χ2v) is 5.95. The van der Waals surface area contributed by atoms with Crippen LogP contribution in [0.25, 0.3) is 0 Å². The van der Waals surface area contributed by atoms with Crippen molar-refractivity contribution < 1.29 is 0 Å². The zero-order valence-electron chi connectivity index (χ0n) is 11.1. The molecule has 4 heteroatoms. The number of rotatable bonds is 2. The minimum Gasteiger partial charge on any atom is -0.370 e. The van der Waals surface area contributed by atoms with E-state index in [0.29, 0.717) is 17.9 Å². The standard InChI is InChI=1S/C15H20ClN3/c16-12-6-8-13(9-7-12)19-14(10-18-15(19)17)11-4-2-1-3-5-11/h6-9,11,14H,1-5,10H2,(H2,17,18). The maximum atomic E-state index is 6.09. The fourth-order valence-electron chi connectivity index (χ4n) is 3.32. The zero-order valence-corrected chi connectivity index (χ0v) is 11.8. The third-order valence-electron chi connectivity index (χ3n) is 4.32. The van der Waals surface area contributed by atoms with Gasteiger partial charge in [-0.3, -0.25) is 4.99 Å². The number of anilines is 1. The highest BCUT2D eigenvalue weighted by Crippen LogP contribution is 2.33. The van der Waals surface area contributed by atoms with Crippen LogP contribution >= 0.6 is 11.6 Å². The summed E-state index contributed by atoms with van der Waals surface area (Å²) < 4.78 is 0. The molecule has 1 atom stereocenters. The lowest BCUT2D eigenvalue weighted by atomic mass is 9.83. The van der Waals surface area contributed by atoms with Crippen molar-refractivity contribution in [1.29, 1.82) is 0 Å². The highest BCUT2D eigenvalue weighted by Gasteiger charge is 2.34. The van der Waals surface area contributed by atoms with Gasteiger partial charge >= 0.3 is 0 Å². The van der Waals surface area contributed by atoms with E-state index in [4.69, 9.17) is 17.3 Å². The second kappa shape index (κ2) is 5.41. The van der Waals surface area contributed by atoms with Crippen LogP contribution in [0, 0.1) is 5.92 Å². The van der Waals surface area contributed by atoms with Crippen LogP contribution in [-0.4, -0.2) is 18.5 Å². The summed E-state index contributed by atoms with van der Waals surface area (Å²) in [7, 11) is 0. The molecule has 1 saturated carbocycles. The average Bonchev–Trinajstić information content (AvgIpc) is 2.83. The van der Waals surface area contributed by atoms with Crippen LogP contribution in [0.1, 0.15) is 32.1 Å². The molecule has 19 heavy (non-hydrogen) atoms. The molecule has 1 fully saturated rings. The summed E-state index contributed by atoms with van der Waals surface area (Å²) in [4.78, 5) is 6.66. The predicted octanol–water partition coefficient (Wildman–Crippen LogP) is 3.42. The lowest BCUT2D eigenvalue weighted by Crippen LogP contribution is -2.45. The van der Waals surface area contributed by atoms with Crippen molar-refractivity contribution in [1.82, 2.24) is 0 Å². The fraction of sp³-hybridized carbons (Fsp3) is 0.533. The number of hydrogen-bond acceptors (Lipinski definition) is 3. The monoisotopic (exact) mass is 277 g/mol. The molecule has 0 radical (unpaired) electrons. The summed E-state index contributed by atoms with van der Waals surface area (Å²) >= 11 is 5.96. The molecule has 3 nitrogen and oxygen atoms in total. The van der Waals surface area contributed by atoms with Gasteiger partial charge in [-0.15, -0.1) is 0 Å². The summed E-state index contributed by atoms with van der Waals surface area (Å²) in [6.07, 6.45) is 6.67. The molecule has 3 rings (SSSR count). The maximum absolute atomic E-state index is 6.09. The highest BCUT2D eigenvalue weighted by molar-refractivity contribution is 6.30. The molecule has 0 saturated heterocycles. The van der Waals surface area contributed by atoms with Gasteiger partial charge in [0.15, 0.2) is 5.96 Å². The van der Waals surface area contributed by atoms with Crippen molar-refractivity contribution in [2.75, 3.05) is 11.4 Å². The van der Waals surface area contributed by atoms with Gasteiger partial charge in [0.25, 0.3) is 0 Å². The van der Waals surface area contributed by atoms with Crippen LogP contribution in [0.2, 0.25) is 5.02 Å². The van der Waals surface area contributed by atoms with Crippen molar-refractivity contribution in [2.24, 2.45) is 16.6 Å². The third kappa shape index (κ3) is 2.57. The molecular formula is C15H20ClN3. The summed E-state index contributed by atoms with van der Waals surface area (Å²) in [6, 6.07) is 8.33. The Hall–Kier alpha value is -1.22. The van der Waals surface area contributed by atoms with Crippen molar-refractivity contribution in [3.63, 3.8) is 0 Å². The van der Waals surface area contributed by atoms with Crippen LogP contribution < -0.4 is 10.6 Å². The van der Waals surface area contributed by atoms with E-state index in [-0.39, 0.29) is 0 Å². The quantitative estimate of drug-likeness (QED) is 0.900. The number of guanidine groups is 1. The van der Waals surface area contributed by atoms with Crippen LogP contribution in [0.5, 0.6) is 0 Å².